The zero-order valence-corrected chi connectivity index (χ0v) is 17.2. The highest BCUT2D eigenvalue weighted by molar-refractivity contribution is 5.93. The molecular weight excluding hydrogens is 394 g/mol. The average Bonchev–Trinajstić information content (AvgIpc) is 2.69. The van der Waals surface area contributed by atoms with Crippen molar-refractivity contribution in [1.82, 2.24) is 16.0 Å². The Morgan fingerprint density at radius 1 is 0.967 bits per heavy atom. The molecule has 10 heteroatoms. The van der Waals surface area contributed by atoms with E-state index >= 15 is 0 Å². The summed E-state index contributed by atoms with van der Waals surface area (Å²) in [6.07, 6.45) is -0.402. The second-order valence-corrected chi connectivity index (χ2v) is 6.50. The molecule has 0 aliphatic heterocycles. The number of methoxy groups -OCH3 is 1. The maximum absolute atomic E-state index is 12.7. The quantitative estimate of drug-likeness (QED) is 0.295. The van der Waals surface area contributed by atoms with E-state index in [4.69, 9.17) is 14.6 Å². The zero-order valence-electron chi connectivity index (χ0n) is 17.2. The molecule has 166 valence electrons. The topological polar surface area (TPSA) is 143 Å². The highest BCUT2D eigenvalue weighted by Gasteiger charge is 2.28. The molecule has 0 saturated carbocycles. The van der Waals surface area contributed by atoms with Crippen molar-refractivity contribution in [2.45, 2.75) is 31.8 Å². The summed E-state index contributed by atoms with van der Waals surface area (Å²) in [7, 11) is 1.54. The standard InChI is InChI=1S/C20H29N3O7/c1-14(24)22-16(12-15-6-4-3-5-7-15)20(28)23-17(13-18(25)26)19(27)21-8-9-30-11-10-29-2/h3-7,16-17H,8-13H2,1-2H3,(H,21,27)(H,22,24)(H,23,28)(H,25,26)/t16-,17-/m0/s1. The first-order chi connectivity index (χ1) is 14.3. The zero-order chi connectivity index (χ0) is 22.4. The molecule has 3 amide bonds. The lowest BCUT2D eigenvalue weighted by atomic mass is 10.0. The number of hydrogen-bond donors (Lipinski definition) is 4. The van der Waals surface area contributed by atoms with Gasteiger partial charge in [0.2, 0.25) is 17.7 Å². The Morgan fingerprint density at radius 3 is 2.27 bits per heavy atom. The predicted octanol–water partition coefficient (Wildman–Crippen LogP) is -0.527. The van der Waals surface area contributed by atoms with Crippen molar-refractivity contribution >= 4 is 23.7 Å². The van der Waals surface area contributed by atoms with Crippen LogP contribution in [0.4, 0.5) is 0 Å². The summed E-state index contributed by atoms with van der Waals surface area (Å²) in [5.41, 5.74) is 0.804. The molecule has 0 aliphatic rings. The van der Waals surface area contributed by atoms with Crippen molar-refractivity contribution in [3.63, 3.8) is 0 Å². The number of hydrogen-bond acceptors (Lipinski definition) is 6. The van der Waals surface area contributed by atoms with Gasteiger partial charge in [0.15, 0.2) is 0 Å². The Bertz CT molecular complexity index is 697. The van der Waals surface area contributed by atoms with E-state index in [1.54, 1.807) is 24.3 Å². The highest BCUT2D eigenvalue weighted by Crippen LogP contribution is 2.05. The van der Waals surface area contributed by atoms with E-state index in [1.165, 1.54) is 14.0 Å². The molecule has 10 nitrogen and oxygen atoms in total. The molecule has 0 aromatic heterocycles. The van der Waals surface area contributed by atoms with Gasteiger partial charge in [0.05, 0.1) is 26.2 Å². The van der Waals surface area contributed by atoms with Crippen molar-refractivity contribution in [3.8, 4) is 0 Å². The first-order valence-corrected chi connectivity index (χ1v) is 9.51. The summed E-state index contributed by atoms with van der Waals surface area (Å²) in [5.74, 6) is -2.96. The summed E-state index contributed by atoms with van der Waals surface area (Å²) in [5, 5.41) is 16.6. The second kappa shape index (κ2) is 14.1. The number of rotatable bonds is 14. The minimum absolute atomic E-state index is 0.147. The number of carboxylic acid groups (broad SMARTS) is 1. The highest BCUT2D eigenvalue weighted by atomic mass is 16.5. The van der Waals surface area contributed by atoms with Gasteiger partial charge in [-0.05, 0) is 5.56 Å². The van der Waals surface area contributed by atoms with Crippen LogP contribution < -0.4 is 16.0 Å². The van der Waals surface area contributed by atoms with Gasteiger partial charge < -0.3 is 30.5 Å². The molecule has 0 aliphatic carbocycles. The van der Waals surface area contributed by atoms with Crippen molar-refractivity contribution in [1.29, 1.82) is 0 Å². The smallest absolute Gasteiger partial charge is 0.305 e. The molecule has 0 heterocycles. The SMILES string of the molecule is COCCOCCNC(=O)[C@H](CC(=O)O)NC(=O)[C@H](Cc1ccccc1)NC(C)=O. The normalized spacial score (nSPS) is 12.5. The number of carboxylic acids is 1. The lowest BCUT2D eigenvalue weighted by Gasteiger charge is -2.22. The Balaban J connectivity index is 2.71. The minimum Gasteiger partial charge on any atom is -0.481 e. The molecule has 30 heavy (non-hydrogen) atoms. The van der Waals surface area contributed by atoms with Gasteiger partial charge in [0.1, 0.15) is 12.1 Å². The van der Waals surface area contributed by atoms with Crippen molar-refractivity contribution in [3.05, 3.63) is 35.9 Å². The molecule has 1 aromatic rings. The summed E-state index contributed by atoms with van der Waals surface area (Å²) < 4.78 is 10.1. The number of carbonyl (C=O) groups is 4. The van der Waals surface area contributed by atoms with E-state index in [1.807, 2.05) is 6.07 Å². The fourth-order valence-corrected chi connectivity index (χ4v) is 2.57. The number of aliphatic carboxylic acids is 1. The summed E-state index contributed by atoms with van der Waals surface area (Å²) in [6.45, 7) is 2.41. The number of nitrogens with one attached hydrogen (secondary N) is 3. The lowest BCUT2D eigenvalue weighted by molar-refractivity contribution is -0.141. The van der Waals surface area contributed by atoms with Crippen LogP contribution in [0.15, 0.2) is 30.3 Å². The number of ether oxygens (including phenoxy) is 2. The number of carbonyl (C=O) groups excluding carboxylic acids is 3. The van der Waals surface area contributed by atoms with Crippen molar-refractivity contribution in [2.75, 3.05) is 33.5 Å². The van der Waals surface area contributed by atoms with E-state index in [-0.39, 0.29) is 19.6 Å². The first-order valence-electron chi connectivity index (χ1n) is 9.51. The van der Waals surface area contributed by atoms with Gasteiger partial charge in [0.25, 0.3) is 0 Å². The van der Waals surface area contributed by atoms with Crippen LogP contribution in [0.3, 0.4) is 0 Å². The van der Waals surface area contributed by atoms with Gasteiger partial charge in [-0.25, -0.2) is 0 Å². The maximum atomic E-state index is 12.7. The van der Waals surface area contributed by atoms with Gasteiger partial charge in [-0.3, -0.25) is 19.2 Å². The summed E-state index contributed by atoms with van der Waals surface area (Å²) in [6, 6.07) is 6.78. The molecule has 0 bridgehead atoms. The molecule has 1 rings (SSSR count). The van der Waals surface area contributed by atoms with Gasteiger partial charge in [-0.15, -0.1) is 0 Å². The van der Waals surface area contributed by atoms with Gasteiger partial charge in [0, 0.05) is 27.0 Å². The Hall–Kier alpha value is -2.98. The van der Waals surface area contributed by atoms with Gasteiger partial charge >= 0.3 is 5.97 Å². The third-order valence-electron chi connectivity index (χ3n) is 3.97. The van der Waals surface area contributed by atoms with Crippen molar-refractivity contribution in [2.24, 2.45) is 0 Å². The number of amides is 3. The minimum atomic E-state index is -1.29. The largest absolute Gasteiger partial charge is 0.481 e. The molecule has 2 atom stereocenters. The van der Waals surface area contributed by atoms with Crippen LogP contribution >= 0.6 is 0 Å². The molecule has 0 unspecified atom stereocenters. The molecule has 1 aromatic carbocycles. The van der Waals surface area contributed by atoms with Gasteiger partial charge in [-0.1, -0.05) is 30.3 Å². The molecular formula is C20H29N3O7. The van der Waals surface area contributed by atoms with Crippen LogP contribution in [0, 0.1) is 0 Å². The van der Waals surface area contributed by atoms with Crippen LogP contribution in [0.2, 0.25) is 0 Å². The molecule has 0 saturated heterocycles. The Labute approximate surface area is 175 Å². The average molecular weight is 423 g/mol. The first kappa shape index (κ1) is 25.1. The monoisotopic (exact) mass is 423 g/mol. The van der Waals surface area contributed by atoms with E-state index in [9.17, 15) is 19.2 Å². The predicted molar refractivity (Wildman–Crippen MR) is 108 cm³/mol. The van der Waals surface area contributed by atoms with E-state index in [2.05, 4.69) is 16.0 Å². The third-order valence-corrected chi connectivity index (χ3v) is 3.97. The van der Waals surface area contributed by atoms with E-state index in [0.29, 0.717) is 13.2 Å². The summed E-state index contributed by atoms with van der Waals surface area (Å²) in [4.78, 5) is 47.7. The maximum Gasteiger partial charge on any atom is 0.305 e. The second-order valence-electron chi connectivity index (χ2n) is 6.50. The fraction of sp³-hybridized carbons (Fsp3) is 0.500. The van der Waals surface area contributed by atoms with E-state index < -0.39 is 42.2 Å². The molecule has 0 spiro atoms. The number of benzene rings is 1. The van der Waals surface area contributed by atoms with Crippen molar-refractivity contribution < 1.29 is 33.8 Å². The Morgan fingerprint density at radius 2 is 1.67 bits per heavy atom. The Kier molecular flexibility index (Phi) is 11.8. The molecule has 0 fully saturated rings. The van der Waals surface area contributed by atoms with Crippen LogP contribution in [0.25, 0.3) is 0 Å². The van der Waals surface area contributed by atoms with E-state index in [0.717, 1.165) is 5.56 Å². The lowest BCUT2D eigenvalue weighted by Crippen LogP contribution is -2.55. The van der Waals surface area contributed by atoms with Gasteiger partial charge in [-0.2, -0.15) is 0 Å². The fourth-order valence-electron chi connectivity index (χ4n) is 2.57. The molecule has 4 N–H and O–H groups in total. The third kappa shape index (κ3) is 10.5. The molecule has 0 radical (unpaired) electrons. The van der Waals surface area contributed by atoms with Crippen LogP contribution in [0.1, 0.15) is 18.9 Å². The van der Waals surface area contributed by atoms with Crippen LogP contribution in [-0.2, 0) is 35.1 Å². The summed E-state index contributed by atoms with van der Waals surface area (Å²) >= 11 is 0. The van der Waals surface area contributed by atoms with Crippen LogP contribution in [-0.4, -0.2) is 74.4 Å². The van der Waals surface area contributed by atoms with Crippen LogP contribution in [0.5, 0.6) is 0 Å².